The number of nitrogens with two attached hydrogens (primary N) is 1. The van der Waals surface area contributed by atoms with Crippen LogP contribution in [-0.4, -0.2) is 29.9 Å². The normalized spacial score (nSPS) is 18.2. The molecule has 0 aromatic carbocycles. The number of carbonyl (C=O) groups is 1. The van der Waals surface area contributed by atoms with Crippen molar-refractivity contribution in [2.75, 3.05) is 13.1 Å². The fraction of sp³-hybridized carbons (Fsp3) is 0.941. The Balaban J connectivity index is 2.59. The van der Waals surface area contributed by atoms with Crippen molar-refractivity contribution in [1.82, 2.24) is 4.90 Å². The molecular formula is C17H34N2O. The van der Waals surface area contributed by atoms with Crippen molar-refractivity contribution in [3.8, 4) is 0 Å². The van der Waals surface area contributed by atoms with Gasteiger partial charge < -0.3 is 10.6 Å². The summed E-state index contributed by atoms with van der Waals surface area (Å²) in [5.74, 6) is 0.323. The van der Waals surface area contributed by atoms with Crippen LogP contribution in [0.3, 0.4) is 0 Å². The van der Waals surface area contributed by atoms with Crippen LogP contribution in [0.4, 0.5) is 0 Å². The molecule has 0 spiro atoms. The van der Waals surface area contributed by atoms with Crippen LogP contribution in [0.2, 0.25) is 0 Å². The molecule has 1 rings (SSSR count). The Morgan fingerprint density at radius 2 is 1.85 bits per heavy atom. The number of rotatable bonds is 8. The molecule has 0 saturated heterocycles. The van der Waals surface area contributed by atoms with Gasteiger partial charge in [-0.25, -0.2) is 0 Å². The number of carbonyl (C=O) groups excluding carboxylic acids is 1. The van der Waals surface area contributed by atoms with Gasteiger partial charge >= 0.3 is 0 Å². The predicted octanol–water partition coefficient (Wildman–Crippen LogP) is 3.71. The Hall–Kier alpha value is -0.570. The van der Waals surface area contributed by atoms with E-state index in [1.165, 1.54) is 32.1 Å². The van der Waals surface area contributed by atoms with E-state index in [2.05, 4.69) is 25.7 Å². The van der Waals surface area contributed by atoms with Crippen LogP contribution < -0.4 is 5.73 Å². The van der Waals surface area contributed by atoms with Crippen molar-refractivity contribution in [3.63, 3.8) is 0 Å². The lowest BCUT2D eigenvalue weighted by Gasteiger charge is -2.38. The summed E-state index contributed by atoms with van der Waals surface area (Å²) in [5.41, 5.74) is 6.10. The van der Waals surface area contributed by atoms with Gasteiger partial charge in [-0.15, -0.1) is 0 Å². The number of amides is 1. The summed E-state index contributed by atoms with van der Waals surface area (Å²) in [6, 6.07) is 0.303. The molecule has 3 heteroatoms. The second-order valence-electron chi connectivity index (χ2n) is 6.83. The molecule has 1 saturated carbocycles. The third kappa shape index (κ3) is 5.08. The Morgan fingerprint density at radius 3 is 2.35 bits per heavy atom. The van der Waals surface area contributed by atoms with Gasteiger partial charge in [0.2, 0.25) is 5.91 Å². The second kappa shape index (κ2) is 8.66. The smallest absolute Gasteiger partial charge is 0.223 e. The maximum absolute atomic E-state index is 12.7. The first kappa shape index (κ1) is 17.5. The highest BCUT2D eigenvalue weighted by atomic mass is 16.2. The van der Waals surface area contributed by atoms with Crippen LogP contribution in [0, 0.1) is 5.41 Å². The number of nitrogens with zero attached hydrogens (tertiary/aromatic N) is 1. The molecule has 0 aromatic rings. The molecule has 0 atom stereocenters. The van der Waals surface area contributed by atoms with E-state index in [4.69, 9.17) is 5.73 Å². The zero-order valence-corrected chi connectivity index (χ0v) is 13.8. The van der Waals surface area contributed by atoms with Crippen LogP contribution in [-0.2, 0) is 4.79 Å². The van der Waals surface area contributed by atoms with Gasteiger partial charge in [-0.3, -0.25) is 4.79 Å². The molecule has 0 unspecified atom stereocenters. The topological polar surface area (TPSA) is 46.3 Å². The van der Waals surface area contributed by atoms with E-state index in [1.807, 2.05) is 0 Å². The van der Waals surface area contributed by atoms with Crippen LogP contribution in [0.5, 0.6) is 0 Å². The van der Waals surface area contributed by atoms with Crippen LogP contribution >= 0.6 is 0 Å². The third-order valence-electron chi connectivity index (χ3n) is 4.82. The average Bonchev–Trinajstić information content (AvgIpc) is 2.44. The minimum Gasteiger partial charge on any atom is -0.340 e. The molecule has 1 aliphatic carbocycles. The molecule has 20 heavy (non-hydrogen) atoms. The SMILES string of the molecule is CCCCCN(C(=O)CC1(CN)CCCCC1)C(C)C. The largest absolute Gasteiger partial charge is 0.340 e. The Bertz CT molecular complexity index is 283. The molecule has 118 valence electrons. The van der Waals surface area contributed by atoms with Gasteiger partial charge in [0.05, 0.1) is 0 Å². The molecule has 1 fully saturated rings. The summed E-state index contributed by atoms with van der Waals surface area (Å²) in [6.07, 6.45) is 10.2. The maximum Gasteiger partial charge on any atom is 0.223 e. The molecule has 2 N–H and O–H groups in total. The average molecular weight is 282 g/mol. The van der Waals surface area contributed by atoms with Crippen molar-refractivity contribution < 1.29 is 4.79 Å². The summed E-state index contributed by atoms with van der Waals surface area (Å²) >= 11 is 0. The molecule has 3 nitrogen and oxygen atoms in total. The third-order valence-corrected chi connectivity index (χ3v) is 4.82. The van der Waals surface area contributed by atoms with Gasteiger partial charge in [0.1, 0.15) is 0 Å². The number of hydrogen-bond acceptors (Lipinski definition) is 2. The van der Waals surface area contributed by atoms with Gasteiger partial charge in [0.15, 0.2) is 0 Å². The van der Waals surface area contributed by atoms with Crippen LogP contribution in [0.15, 0.2) is 0 Å². The maximum atomic E-state index is 12.7. The Morgan fingerprint density at radius 1 is 1.20 bits per heavy atom. The fourth-order valence-electron chi connectivity index (χ4n) is 3.38. The first-order valence-electron chi connectivity index (χ1n) is 8.54. The quantitative estimate of drug-likeness (QED) is 0.690. The second-order valence-corrected chi connectivity index (χ2v) is 6.83. The molecule has 0 aromatic heterocycles. The van der Waals surface area contributed by atoms with Gasteiger partial charge in [0, 0.05) is 19.0 Å². The fourth-order valence-corrected chi connectivity index (χ4v) is 3.38. The lowest BCUT2D eigenvalue weighted by atomic mass is 9.71. The van der Waals surface area contributed by atoms with E-state index in [0.29, 0.717) is 24.9 Å². The first-order chi connectivity index (χ1) is 9.54. The van der Waals surface area contributed by atoms with E-state index in [-0.39, 0.29) is 5.41 Å². The van der Waals surface area contributed by atoms with Crippen LogP contribution in [0.1, 0.15) is 78.6 Å². The van der Waals surface area contributed by atoms with Crippen molar-refractivity contribution >= 4 is 5.91 Å². The summed E-state index contributed by atoms with van der Waals surface area (Å²) in [6.45, 7) is 8.03. The van der Waals surface area contributed by atoms with Crippen molar-refractivity contribution in [2.24, 2.45) is 11.1 Å². The van der Waals surface area contributed by atoms with E-state index >= 15 is 0 Å². The molecule has 0 radical (unpaired) electrons. The van der Waals surface area contributed by atoms with Gasteiger partial charge in [-0.05, 0) is 45.1 Å². The Kier molecular flexibility index (Phi) is 7.57. The molecule has 0 heterocycles. The number of hydrogen-bond donors (Lipinski definition) is 1. The standard InChI is InChI=1S/C17H34N2O/c1-4-5-9-12-19(15(2)3)16(20)13-17(14-18)10-7-6-8-11-17/h15H,4-14,18H2,1-3H3. The first-order valence-corrected chi connectivity index (χ1v) is 8.54. The molecular weight excluding hydrogens is 248 g/mol. The zero-order valence-electron chi connectivity index (χ0n) is 13.8. The highest BCUT2D eigenvalue weighted by Gasteiger charge is 2.34. The molecule has 0 bridgehead atoms. The minimum atomic E-state index is 0.0905. The highest BCUT2D eigenvalue weighted by Crippen LogP contribution is 2.38. The Labute approximate surface area is 125 Å². The van der Waals surface area contributed by atoms with Crippen molar-refractivity contribution in [3.05, 3.63) is 0 Å². The minimum absolute atomic E-state index is 0.0905. The van der Waals surface area contributed by atoms with Crippen molar-refractivity contribution in [2.45, 2.75) is 84.6 Å². The summed E-state index contributed by atoms with van der Waals surface area (Å²) in [5, 5.41) is 0. The monoisotopic (exact) mass is 282 g/mol. The van der Waals surface area contributed by atoms with E-state index < -0.39 is 0 Å². The molecule has 1 aliphatic rings. The van der Waals surface area contributed by atoms with E-state index in [0.717, 1.165) is 25.8 Å². The molecule has 0 aliphatic heterocycles. The van der Waals surface area contributed by atoms with Gasteiger partial charge in [-0.2, -0.15) is 0 Å². The van der Waals surface area contributed by atoms with Crippen LogP contribution in [0.25, 0.3) is 0 Å². The van der Waals surface area contributed by atoms with Crippen molar-refractivity contribution in [1.29, 1.82) is 0 Å². The highest BCUT2D eigenvalue weighted by molar-refractivity contribution is 5.77. The zero-order chi connectivity index (χ0) is 15.0. The number of unbranched alkanes of at least 4 members (excludes halogenated alkanes) is 2. The lowest BCUT2D eigenvalue weighted by molar-refractivity contribution is -0.136. The summed E-state index contributed by atoms with van der Waals surface area (Å²) in [4.78, 5) is 14.8. The summed E-state index contributed by atoms with van der Waals surface area (Å²) in [7, 11) is 0. The lowest BCUT2D eigenvalue weighted by Crippen LogP contribution is -2.43. The molecule has 1 amide bonds. The van der Waals surface area contributed by atoms with Gasteiger partial charge in [-0.1, -0.05) is 39.0 Å². The van der Waals surface area contributed by atoms with Gasteiger partial charge in [0.25, 0.3) is 0 Å². The summed E-state index contributed by atoms with van der Waals surface area (Å²) < 4.78 is 0. The predicted molar refractivity (Wildman–Crippen MR) is 85.6 cm³/mol. The van der Waals surface area contributed by atoms with E-state index in [1.54, 1.807) is 0 Å². The van der Waals surface area contributed by atoms with E-state index in [9.17, 15) is 4.79 Å².